The monoisotopic (exact) mass is 486 g/mol. The normalized spacial score (nSPS) is 10.9. The van der Waals surface area contributed by atoms with E-state index in [9.17, 15) is 9.59 Å². The van der Waals surface area contributed by atoms with Gasteiger partial charge >= 0.3 is 0 Å². The molecule has 36 heavy (non-hydrogen) atoms. The van der Waals surface area contributed by atoms with Gasteiger partial charge in [0.2, 0.25) is 0 Å². The molecule has 0 aliphatic heterocycles. The second-order valence-electron chi connectivity index (χ2n) is 7.81. The summed E-state index contributed by atoms with van der Waals surface area (Å²) >= 11 is 0. The van der Waals surface area contributed by atoms with Gasteiger partial charge < -0.3 is 9.47 Å². The van der Waals surface area contributed by atoms with E-state index in [4.69, 9.17) is 9.47 Å². The largest absolute Gasteiger partial charge is 0.494 e. The van der Waals surface area contributed by atoms with Gasteiger partial charge in [0.05, 0.1) is 25.6 Å². The highest BCUT2D eigenvalue weighted by molar-refractivity contribution is 5.98. The lowest BCUT2D eigenvalue weighted by Gasteiger charge is -2.04. The summed E-state index contributed by atoms with van der Waals surface area (Å²) in [4.78, 5) is 24.6. The van der Waals surface area contributed by atoms with Crippen molar-refractivity contribution in [1.82, 2.24) is 10.9 Å². The topological polar surface area (TPSA) is 101 Å². The molecular formula is C28H30N4O4. The number of benzene rings is 3. The number of nitrogens with one attached hydrogen (secondary N) is 2. The molecule has 3 rings (SSSR count). The number of carbonyl (C=O) groups excluding carboxylic acids is 2. The summed E-state index contributed by atoms with van der Waals surface area (Å²) in [6.07, 6.45) is 4.99. The highest BCUT2D eigenvalue weighted by Gasteiger charge is 2.08. The van der Waals surface area contributed by atoms with Gasteiger partial charge in [-0.15, -0.1) is 0 Å². The molecule has 3 aromatic carbocycles. The number of hydrazone groups is 2. The standard InChI is InChI=1S/C28H30N4O4/c1-3-17-35-25-13-5-21(6-14-25)19-29-31-27(33)23-9-11-24(12-10-23)28(34)32-30-20-22-7-15-26(16-8-22)36-18-4-2/h5-16,19-20H,3-4,17-18H2,1-2H3,(H,31,33)(H,32,34)/b29-19+,30-20+. The maximum Gasteiger partial charge on any atom is 0.271 e. The van der Waals surface area contributed by atoms with Gasteiger partial charge in [-0.25, -0.2) is 10.9 Å². The summed E-state index contributed by atoms with van der Waals surface area (Å²) in [7, 11) is 0. The Morgan fingerprint density at radius 2 is 1.00 bits per heavy atom. The van der Waals surface area contributed by atoms with Gasteiger partial charge in [0.25, 0.3) is 11.8 Å². The second-order valence-corrected chi connectivity index (χ2v) is 7.81. The van der Waals surface area contributed by atoms with Crippen LogP contribution in [0.1, 0.15) is 58.5 Å². The molecular weight excluding hydrogens is 456 g/mol. The molecule has 186 valence electrons. The van der Waals surface area contributed by atoms with Crippen molar-refractivity contribution in [3.8, 4) is 11.5 Å². The molecule has 0 bridgehead atoms. The van der Waals surface area contributed by atoms with E-state index in [0.717, 1.165) is 35.5 Å². The Kier molecular flexibility index (Phi) is 10.2. The van der Waals surface area contributed by atoms with Crippen LogP contribution in [0.5, 0.6) is 11.5 Å². The smallest absolute Gasteiger partial charge is 0.271 e. The minimum Gasteiger partial charge on any atom is -0.494 e. The van der Waals surface area contributed by atoms with Crippen LogP contribution in [0, 0.1) is 0 Å². The number of rotatable bonds is 12. The summed E-state index contributed by atoms with van der Waals surface area (Å²) < 4.78 is 11.1. The van der Waals surface area contributed by atoms with E-state index in [1.807, 2.05) is 62.4 Å². The van der Waals surface area contributed by atoms with Crippen LogP contribution in [-0.2, 0) is 0 Å². The average Bonchev–Trinajstić information content (AvgIpc) is 2.92. The lowest BCUT2D eigenvalue weighted by atomic mass is 10.1. The van der Waals surface area contributed by atoms with E-state index in [0.29, 0.717) is 24.3 Å². The molecule has 0 saturated carbocycles. The van der Waals surface area contributed by atoms with Gasteiger partial charge in [0.1, 0.15) is 11.5 Å². The van der Waals surface area contributed by atoms with E-state index in [-0.39, 0.29) is 11.8 Å². The van der Waals surface area contributed by atoms with E-state index in [1.165, 1.54) is 0 Å². The summed E-state index contributed by atoms with van der Waals surface area (Å²) in [6.45, 7) is 5.43. The fraction of sp³-hybridized carbons (Fsp3) is 0.214. The van der Waals surface area contributed by atoms with Gasteiger partial charge in [-0.1, -0.05) is 13.8 Å². The first-order valence-corrected chi connectivity index (χ1v) is 11.8. The first-order chi connectivity index (χ1) is 17.6. The Bertz CT molecular complexity index is 1080. The SMILES string of the molecule is CCCOc1ccc(/C=N/NC(=O)c2ccc(C(=O)N/N=C/c3ccc(OCCC)cc3)cc2)cc1. The zero-order valence-electron chi connectivity index (χ0n) is 20.4. The van der Waals surface area contributed by atoms with E-state index >= 15 is 0 Å². The van der Waals surface area contributed by atoms with E-state index in [2.05, 4.69) is 21.1 Å². The van der Waals surface area contributed by atoms with Crippen molar-refractivity contribution in [3.05, 3.63) is 95.1 Å². The van der Waals surface area contributed by atoms with Crippen LogP contribution < -0.4 is 20.3 Å². The third kappa shape index (κ3) is 8.39. The molecule has 0 aliphatic carbocycles. The maximum absolute atomic E-state index is 12.3. The Hall–Kier alpha value is -4.46. The predicted octanol–water partition coefficient (Wildman–Crippen LogP) is 4.79. The van der Waals surface area contributed by atoms with Gasteiger partial charge in [0, 0.05) is 11.1 Å². The third-order valence-electron chi connectivity index (χ3n) is 4.87. The summed E-state index contributed by atoms with van der Waals surface area (Å²) in [5.74, 6) is 0.815. The Labute approximate surface area is 211 Å². The van der Waals surface area contributed by atoms with Gasteiger partial charge in [-0.2, -0.15) is 10.2 Å². The van der Waals surface area contributed by atoms with Gasteiger partial charge in [0.15, 0.2) is 0 Å². The van der Waals surface area contributed by atoms with Crippen LogP contribution >= 0.6 is 0 Å². The minimum absolute atomic E-state index is 0.376. The molecule has 0 heterocycles. The van der Waals surface area contributed by atoms with Gasteiger partial charge in [-0.3, -0.25) is 9.59 Å². The molecule has 0 atom stereocenters. The molecule has 0 aliphatic rings. The number of amides is 2. The number of carbonyl (C=O) groups is 2. The molecule has 0 saturated heterocycles. The van der Waals surface area contributed by atoms with Crippen molar-refractivity contribution >= 4 is 24.2 Å². The maximum atomic E-state index is 12.3. The lowest BCUT2D eigenvalue weighted by molar-refractivity contribution is 0.0943. The van der Waals surface area contributed by atoms with E-state index in [1.54, 1.807) is 36.7 Å². The summed E-state index contributed by atoms with van der Waals surface area (Å²) in [6, 6.07) is 21.0. The van der Waals surface area contributed by atoms with Crippen LogP contribution in [0.25, 0.3) is 0 Å². The number of hydrogen-bond acceptors (Lipinski definition) is 6. The highest BCUT2D eigenvalue weighted by Crippen LogP contribution is 2.12. The minimum atomic E-state index is -0.384. The molecule has 0 unspecified atom stereocenters. The van der Waals surface area contributed by atoms with Crippen molar-refractivity contribution in [1.29, 1.82) is 0 Å². The predicted molar refractivity (Wildman–Crippen MR) is 141 cm³/mol. The summed E-state index contributed by atoms with van der Waals surface area (Å²) in [5.41, 5.74) is 7.36. The zero-order valence-corrected chi connectivity index (χ0v) is 20.4. The van der Waals surface area contributed by atoms with E-state index < -0.39 is 0 Å². The average molecular weight is 487 g/mol. The fourth-order valence-electron chi connectivity index (χ4n) is 2.97. The molecule has 3 aromatic rings. The Balaban J connectivity index is 1.46. The number of hydrogen-bond donors (Lipinski definition) is 2. The van der Waals surface area contributed by atoms with Crippen LogP contribution in [-0.4, -0.2) is 37.5 Å². The fourth-order valence-corrected chi connectivity index (χ4v) is 2.97. The molecule has 0 spiro atoms. The Morgan fingerprint density at radius 1 is 0.639 bits per heavy atom. The van der Waals surface area contributed by atoms with Crippen LogP contribution in [0.4, 0.5) is 0 Å². The van der Waals surface area contributed by atoms with Crippen LogP contribution in [0.15, 0.2) is 83.0 Å². The van der Waals surface area contributed by atoms with Crippen molar-refractivity contribution in [3.63, 3.8) is 0 Å². The quantitative estimate of drug-likeness (QED) is 0.284. The highest BCUT2D eigenvalue weighted by atomic mass is 16.5. The molecule has 2 amide bonds. The zero-order chi connectivity index (χ0) is 25.6. The molecule has 2 N–H and O–H groups in total. The van der Waals surface area contributed by atoms with Crippen molar-refractivity contribution < 1.29 is 19.1 Å². The lowest BCUT2D eigenvalue weighted by Crippen LogP contribution is -2.19. The number of nitrogens with zero attached hydrogens (tertiary/aromatic N) is 2. The van der Waals surface area contributed by atoms with Crippen LogP contribution in [0.3, 0.4) is 0 Å². The Morgan fingerprint density at radius 3 is 1.33 bits per heavy atom. The summed E-state index contributed by atoms with van der Waals surface area (Å²) in [5, 5.41) is 7.97. The molecule has 8 heteroatoms. The first kappa shape index (κ1) is 26.2. The number of ether oxygens (including phenoxy) is 2. The molecule has 8 nitrogen and oxygen atoms in total. The van der Waals surface area contributed by atoms with Gasteiger partial charge in [-0.05, 0) is 96.8 Å². The molecule has 0 radical (unpaired) electrons. The van der Waals surface area contributed by atoms with Crippen molar-refractivity contribution in [2.75, 3.05) is 13.2 Å². The second kappa shape index (κ2) is 14.1. The third-order valence-corrected chi connectivity index (χ3v) is 4.87. The van der Waals surface area contributed by atoms with Crippen LogP contribution in [0.2, 0.25) is 0 Å². The molecule has 0 fully saturated rings. The molecule has 0 aromatic heterocycles. The van der Waals surface area contributed by atoms with Crippen molar-refractivity contribution in [2.45, 2.75) is 26.7 Å². The first-order valence-electron chi connectivity index (χ1n) is 11.8. The van der Waals surface area contributed by atoms with Crippen molar-refractivity contribution in [2.24, 2.45) is 10.2 Å².